The van der Waals surface area contributed by atoms with Crippen LogP contribution >= 0.6 is 34.5 Å². The zero-order valence-electron chi connectivity index (χ0n) is 9.95. The zero-order valence-corrected chi connectivity index (χ0v) is 12.3. The number of halogens is 2. The largest absolute Gasteiger partial charge is 0.338 e. The fourth-order valence-electron chi connectivity index (χ4n) is 1.79. The number of hydrogen-bond acceptors (Lipinski definition) is 4. The summed E-state index contributed by atoms with van der Waals surface area (Å²) in [5.74, 6) is 0.749. The fourth-order valence-corrected chi connectivity index (χ4v) is 3.10. The van der Waals surface area contributed by atoms with E-state index in [1.807, 2.05) is 13.0 Å². The van der Waals surface area contributed by atoms with Crippen LogP contribution < -0.4 is 5.32 Å². The van der Waals surface area contributed by atoms with Crippen LogP contribution in [-0.4, -0.2) is 9.97 Å². The molecule has 3 rings (SSSR count). The van der Waals surface area contributed by atoms with E-state index < -0.39 is 0 Å². The first-order valence-corrected chi connectivity index (χ1v) is 7.14. The van der Waals surface area contributed by atoms with Gasteiger partial charge in [0.15, 0.2) is 0 Å². The van der Waals surface area contributed by atoms with E-state index in [0.717, 1.165) is 21.7 Å². The monoisotopic (exact) mass is 309 g/mol. The fraction of sp³-hybridized carbons (Fsp3) is 0.0769. The minimum absolute atomic E-state index is 0.561. The zero-order chi connectivity index (χ0) is 13.4. The Bertz CT molecular complexity index is 755. The summed E-state index contributed by atoms with van der Waals surface area (Å²) in [5, 5.41) is 5.38. The van der Waals surface area contributed by atoms with E-state index in [9.17, 15) is 0 Å². The molecule has 0 spiro atoms. The highest BCUT2D eigenvalue weighted by Gasteiger charge is 2.09. The van der Waals surface area contributed by atoms with Crippen molar-refractivity contribution >= 4 is 56.3 Å². The summed E-state index contributed by atoms with van der Waals surface area (Å²) in [5.41, 5.74) is 0.773. The molecule has 3 aromatic rings. The molecule has 96 valence electrons. The van der Waals surface area contributed by atoms with Crippen molar-refractivity contribution in [2.24, 2.45) is 0 Å². The lowest BCUT2D eigenvalue weighted by atomic mass is 10.3. The van der Waals surface area contributed by atoms with Crippen LogP contribution in [0.2, 0.25) is 10.0 Å². The second-order valence-corrected chi connectivity index (χ2v) is 6.13. The van der Waals surface area contributed by atoms with Crippen LogP contribution in [0, 0.1) is 6.92 Å². The molecule has 19 heavy (non-hydrogen) atoms. The van der Waals surface area contributed by atoms with Crippen LogP contribution in [0.5, 0.6) is 0 Å². The van der Waals surface area contributed by atoms with Gasteiger partial charge in [0, 0.05) is 9.90 Å². The van der Waals surface area contributed by atoms with Crippen molar-refractivity contribution in [3.63, 3.8) is 0 Å². The molecule has 1 N–H and O–H groups in total. The van der Waals surface area contributed by atoms with Crippen molar-refractivity contribution in [1.82, 2.24) is 9.97 Å². The third kappa shape index (κ3) is 2.52. The van der Waals surface area contributed by atoms with E-state index >= 15 is 0 Å². The third-order valence-corrected chi connectivity index (χ3v) is 4.14. The van der Waals surface area contributed by atoms with Gasteiger partial charge < -0.3 is 5.32 Å². The Kier molecular flexibility index (Phi) is 3.31. The Morgan fingerprint density at radius 1 is 1.16 bits per heavy atom. The van der Waals surface area contributed by atoms with Crippen molar-refractivity contribution in [2.45, 2.75) is 6.92 Å². The van der Waals surface area contributed by atoms with Crippen LogP contribution in [-0.2, 0) is 0 Å². The number of aryl methyl sites for hydroxylation is 1. The van der Waals surface area contributed by atoms with Crippen LogP contribution in [0.15, 0.2) is 30.6 Å². The van der Waals surface area contributed by atoms with Crippen LogP contribution in [0.25, 0.3) is 10.2 Å². The Morgan fingerprint density at radius 2 is 2.00 bits per heavy atom. The van der Waals surface area contributed by atoms with Crippen LogP contribution in [0.1, 0.15) is 4.88 Å². The van der Waals surface area contributed by atoms with Crippen LogP contribution in [0.3, 0.4) is 0 Å². The van der Waals surface area contributed by atoms with E-state index in [0.29, 0.717) is 10.0 Å². The molecule has 0 saturated carbocycles. The van der Waals surface area contributed by atoms with Gasteiger partial charge in [0.05, 0.1) is 16.1 Å². The van der Waals surface area contributed by atoms with E-state index in [-0.39, 0.29) is 0 Å². The highest BCUT2D eigenvalue weighted by atomic mass is 35.5. The van der Waals surface area contributed by atoms with Gasteiger partial charge in [-0.05, 0) is 31.2 Å². The topological polar surface area (TPSA) is 37.8 Å². The molecule has 0 unspecified atom stereocenters. The quantitative estimate of drug-likeness (QED) is 0.719. The molecular formula is C13H9Cl2N3S. The van der Waals surface area contributed by atoms with E-state index in [1.165, 1.54) is 4.88 Å². The second kappa shape index (κ2) is 4.96. The van der Waals surface area contributed by atoms with Gasteiger partial charge >= 0.3 is 0 Å². The smallest absolute Gasteiger partial charge is 0.142 e. The van der Waals surface area contributed by atoms with E-state index in [2.05, 4.69) is 21.4 Å². The van der Waals surface area contributed by atoms with Crippen molar-refractivity contribution in [3.8, 4) is 0 Å². The van der Waals surface area contributed by atoms with Gasteiger partial charge in [-0.3, -0.25) is 0 Å². The number of rotatable bonds is 2. The summed E-state index contributed by atoms with van der Waals surface area (Å²) in [6.45, 7) is 2.05. The summed E-state index contributed by atoms with van der Waals surface area (Å²) < 4.78 is 0. The van der Waals surface area contributed by atoms with Gasteiger partial charge in [-0.2, -0.15) is 0 Å². The number of hydrogen-bond donors (Lipinski definition) is 1. The first-order chi connectivity index (χ1) is 9.13. The molecule has 0 radical (unpaired) electrons. The maximum Gasteiger partial charge on any atom is 0.142 e. The van der Waals surface area contributed by atoms with E-state index in [1.54, 1.807) is 29.8 Å². The molecule has 0 aliphatic rings. The lowest BCUT2D eigenvalue weighted by molar-refractivity contribution is 1.23. The van der Waals surface area contributed by atoms with Gasteiger partial charge in [-0.1, -0.05) is 23.2 Å². The highest BCUT2D eigenvalue weighted by molar-refractivity contribution is 7.18. The molecule has 1 aromatic carbocycles. The molecule has 0 aliphatic carbocycles. The molecule has 0 atom stereocenters. The Hall–Kier alpha value is -1.36. The summed E-state index contributed by atoms with van der Waals surface area (Å²) in [6, 6.07) is 7.37. The van der Waals surface area contributed by atoms with Crippen molar-refractivity contribution in [2.75, 3.05) is 5.32 Å². The van der Waals surface area contributed by atoms with Gasteiger partial charge in [0.2, 0.25) is 0 Å². The minimum atomic E-state index is 0.561. The first-order valence-electron chi connectivity index (χ1n) is 5.57. The lowest BCUT2D eigenvalue weighted by Gasteiger charge is -2.08. The molecule has 2 aromatic heterocycles. The molecule has 0 amide bonds. The van der Waals surface area contributed by atoms with Crippen molar-refractivity contribution in [1.29, 1.82) is 0 Å². The Labute approximate surface area is 124 Å². The van der Waals surface area contributed by atoms with Crippen molar-refractivity contribution < 1.29 is 0 Å². The van der Waals surface area contributed by atoms with Gasteiger partial charge in [0.25, 0.3) is 0 Å². The first kappa shape index (κ1) is 12.7. The van der Waals surface area contributed by atoms with Gasteiger partial charge in [0.1, 0.15) is 17.0 Å². The predicted molar refractivity (Wildman–Crippen MR) is 81.9 cm³/mol. The summed E-state index contributed by atoms with van der Waals surface area (Å²) in [6.07, 6.45) is 1.55. The molecule has 6 heteroatoms. The SMILES string of the molecule is Cc1cc2c(Nc3ccc(Cl)cc3Cl)ncnc2s1. The molecule has 0 aliphatic heterocycles. The predicted octanol–water partition coefficient (Wildman–Crippen LogP) is 5.05. The number of anilines is 2. The average molecular weight is 310 g/mol. The maximum absolute atomic E-state index is 6.15. The number of nitrogens with one attached hydrogen (secondary N) is 1. The van der Waals surface area contributed by atoms with E-state index in [4.69, 9.17) is 23.2 Å². The second-order valence-electron chi connectivity index (χ2n) is 4.05. The van der Waals surface area contributed by atoms with Gasteiger partial charge in [-0.25, -0.2) is 9.97 Å². The molecule has 2 heterocycles. The standard InChI is InChI=1S/C13H9Cl2N3S/c1-7-4-9-12(16-6-17-13(9)19-7)18-11-3-2-8(14)5-10(11)15/h2-6H,1H3,(H,16,17,18). The summed E-state index contributed by atoms with van der Waals surface area (Å²) in [4.78, 5) is 10.7. The summed E-state index contributed by atoms with van der Waals surface area (Å²) >= 11 is 13.7. The number of thiophene rings is 1. The Balaban J connectivity index is 2.05. The Morgan fingerprint density at radius 3 is 2.79 bits per heavy atom. The maximum atomic E-state index is 6.15. The third-order valence-electron chi connectivity index (χ3n) is 2.64. The molecule has 0 fully saturated rings. The number of benzene rings is 1. The number of nitrogens with zero attached hydrogens (tertiary/aromatic N) is 2. The number of aromatic nitrogens is 2. The molecule has 0 bridgehead atoms. The normalized spacial score (nSPS) is 10.9. The minimum Gasteiger partial charge on any atom is -0.338 e. The summed E-state index contributed by atoms with van der Waals surface area (Å²) in [7, 11) is 0. The average Bonchev–Trinajstić information content (AvgIpc) is 2.74. The molecule has 0 saturated heterocycles. The van der Waals surface area contributed by atoms with Gasteiger partial charge in [-0.15, -0.1) is 11.3 Å². The number of fused-ring (bicyclic) bond motifs is 1. The van der Waals surface area contributed by atoms with Crippen LogP contribution in [0.4, 0.5) is 11.5 Å². The van der Waals surface area contributed by atoms with Crippen molar-refractivity contribution in [3.05, 3.63) is 45.5 Å². The lowest BCUT2D eigenvalue weighted by Crippen LogP contribution is -1.95. The molecule has 3 nitrogen and oxygen atoms in total. The molecular weight excluding hydrogens is 301 g/mol. The highest BCUT2D eigenvalue weighted by Crippen LogP contribution is 2.32.